The molecule has 0 unspecified atom stereocenters. The molecule has 0 saturated carbocycles. The van der Waals surface area contributed by atoms with E-state index in [1.807, 2.05) is 0 Å². The molecule has 1 aliphatic heterocycles. The summed E-state index contributed by atoms with van der Waals surface area (Å²) in [5, 5.41) is 0. The Morgan fingerprint density at radius 2 is 1.84 bits per heavy atom. The molecule has 1 aromatic heterocycles. The van der Waals surface area contributed by atoms with Crippen molar-refractivity contribution in [1.29, 1.82) is 0 Å². The normalized spacial score (nSPS) is 14.7. The highest BCUT2D eigenvalue weighted by Crippen LogP contribution is 2.28. The van der Waals surface area contributed by atoms with Gasteiger partial charge >= 0.3 is 12.3 Å². The van der Waals surface area contributed by atoms with Gasteiger partial charge in [-0.3, -0.25) is 14.6 Å². The van der Waals surface area contributed by atoms with E-state index in [0.29, 0.717) is 37.2 Å². The minimum absolute atomic E-state index is 0.0119. The van der Waals surface area contributed by atoms with Crippen LogP contribution in [0.3, 0.4) is 0 Å². The van der Waals surface area contributed by atoms with Gasteiger partial charge < -0.3 is 19.1 Å². The maximum atomic E-state index is 12.8. The second-order valence-electron chi connectivity index (χ2n) is 7.15. The molecule has 2 heterocycles. The number of carbonyl (C=O) groups is 2. The molecule has 1 fully saturated rings. The van der Waals surface area contributed by atoms with E-state index in [9.17, 15) is 22.8 Å². The molecule has 0 N–H and O–H groups in total. The smallest absolute Gasteiger partial charge is 0.490 e. The SMILES string of the molecule is CCOC(=O)Cc1cc(C(=O)N2CCC(Oc3cccc(OC(F)(F)F)c3)CC2)ccn1. The number of likely N-dealkylation sites (tertiary alicyclic amines) is 1. The monoisotopic (exact) mass is 452 g/mol. The van der Waals surface area contributed by atoms with Gasteiger partial charge in [0.1, 0.15) is 17.6 Å². The van der Waals surface area contributed by atoms with E-state index in [4.69, 9.17) is 9.47 Å². The molecule has 32 heavy (non-hydrogen) atoms. The Kier molecular flexibility index (Phi) is 7.55. The molecule has 10 heteroatoms. The van der Waals surface area contributed by atoms with E-state index in [0.717, 1.165) is 0 Å². The summed E-state index contributed by atoms with van der Waals surface area (Å²) in [5.74, 6) is -0.669. The Morgan fingerprint density at radius 3 is 2.53 bits per heavy atom. The number of halogens is 3. The quantitative estimate of drug-likeness (QED) is 0.596. The van der Waals surface area contributed by atoms with Crippen molar-refractivity contribution in [3.63, 3.8) is 0 Å². The Labute approximate surface area is 183 Å². The van der Waals surface area contributed by atoms with Crippen LogP contribution in [-0.4, -0.2) is 53.9 Å². The van der Waals surface area contributed by atoms with Crippen LogP contribution < -0.4 is 9.47 Å². The number of ether oxygens (including phenoxy) is 3. The number of alkyl halides is 3. The lowest BCUT2D eigenvalue weighted by atomic mass is 10.1. The first-order valence-corrected chi connectivity index (χ1v) is 10.2. The summed E-state index contributed by atoms with van der Waals surface area (Å²) in [6.45, 7) is 2.84. The van der Waals surface area contributed by atoms with E-state index >= 15 is 0 Å². The fraction of sp³-hybridized carbons (Fsp3) is 0.409. The van der Waals surface area contributed by atoms with Crippen molar-refractivity contribution in [3.05, 3.63) is 53.9 Å². The third-order valence-corrected chi connectivity index (χ3v) is 4.77. The highest BCUT2D eigenvalue weighted by atomic mass is 19.4. The minimum atomic E-state index is -4.77. The van der Waals surface area contributed by atoms with Gasteiger partial charge in [0.15, 0.2) is 0 Å². The molecule has 0 radical (unpaired) electrons. The zero-order valence-electron chi connectivity index (χ0n) is 17.4. The maximum Gasteiger partial charge on any atom is 0.573 e. The fourth-order valence-electron chi connectivity index (χ4n) is 3.36. The van der Waals surface area contributed by atoms with Gasteiger partial charge in [-0.1, -0.05) is 6.07 Å². The largest absolute Gasteiger partial charge is 0.573 e. The molecule has 172 valence electrons. The first kappa shape index (κ1) is 23.4. The van der Waals surface area contributed by atoms with Gasteiger partial charge in [0.2, 0.25) is 0 Å². The van der Waals surface area contributed by atoms with Crippen molar-refractivity contribution in [3.8, 4) is 11.5 Å². The van der Waals surface area contributed by atoms with E-state index in [1.165, 1.54) is 24.4 Å². The summed E-state index contributed by atoms with van der Waals surface area (Å²) >= 11 is 0. The number of amides is 1. The van der Waals surface area contributed by atoms with E-state index < -0.39 is 12.3 Å². The molecule has 1 aromatic carbocycles. The van der Waals surface area contributed by atoms with Crippen LogP contribution in [-0.2, 0) is 16.0 Å². The lowest BCUT2D eigenvalue weighted by molar-refractivity contribution is -0.274. The van der Waals surface area contributed by atoms with Crippen LogP contribution in [0.1, 0.15) is 35.8 Å². The van der Waals surface area contributed by atoms with Crippen molar-refractivity contribution in [1.82, 2.24) is 9.88 Å². The van der Waals surface area contributed by atoms with Crippen molar-refractivity contribution >= 4 is 11.9 Å². The van der Waals surface area contributed by atoms with Crippen LogP contribution >= 0.6 is 0 Å². The maximum absolute atomic E-state index is 12.8. The summed E-state index contributed by atoms with van der Waals surface area (Å²) in [6, 6.07) is 8.54. The number of carbonyl (C=O) groups excluding carboxylic acids is 2. The van der Waals surface area contributed by atoms with Crippen LogP contribution in [0.25, 0.3) is 0 Å². The number of piperidine rings is 1. The first-order chi connectivity index (χ1) is 15.2. The highest BCUT2D eigenvalue weighted by Gasteiger charge is 2.31. The molecule has 0 spiro atoms. The average Bonchev–Trinajstić information content (AvgIpc) is 2.73. The van der Waals surface area contributed by atoms with Gasteiger partial charge in [0.25, 0.3) is 5.91 Å². The van der Waals surface area contributed by atoms with Gasteiger partial charge in [-0.05, 0) is 31.2 Å². The minimum Gasteiger partial charge on any atom is -0.490 e. The van der Waals surface area contributed by atoms with Gasteiger partial charge in [0, 0.05) is 43.8 Å². The third-order valence-electron chi connectivity index (χ3n) is 4.77. The number of hydrogen-bond acceptors (Lipinski definition) is 6. The molecule has 0 atom stereocenters. The summed E-state index contributed by atoms with van der Waals surface area (Å²) in [6.07, 6.45) is -2.49. The summed E-state index contributed by atoms with van der Waals surface area (Å²) < 4.78 is 51.7. The van der Waals surface area contributed by atoms with Crippen molar-refractivity contribution in [2.24, 2.45) is 0 Å². The van der Waals surface area contributed by atoms with Gasteiger partial charge in [-0.15, -0.1) is 13.2 Å². The molecule has 7 nitrogen and oxygen atoms in total. The van der Waals surface area contributed by atoms with Crippen LogP contribution in [0.2, 0.25) is 0 Å². The number of pyridine rings is 1. The lowest BCUT2D eigenvalue weighted by Crippen LogP contribution is -2.41. The zero-order valence-corrected chi connectivity index (χ0v) is 17.4. The molecule has 3 rings (SSSR count). The molecule has 1 amide bonds. The standard InChI is InChI=1S/C22H23F3N2O5/c1-2-30-20(28)13-16-12-15(6-9-26-16)21(29)27-10-7-17(8-11-27)31-18-4-3-5-19(14-18)32-22(23,24)25/h3-6,9,12,14,17H,2,7-8,10-11,13H2,1H3. The number of hydrogen-bond donors (Lipinski definition) is 0. The lowest BCUT2D eigenvalue weighted by Gasteiger charge is -2.32. The predicted octanol–water partition coefficient (Wildman–Crippen LogP) is 3.77. The van der Waals surface area contributed by atoms with Gasteiger partial charge in [-0.25, -0.2) is 0 Å². The molecule has 2 aromatic rings. The molecule has 0 aliphatic carbocycles. The Balaban J connectivity index is 1.54. The first-order valence-electron chi connectivity index (χ1n) is 10.2. The molecular formula is C22H23F3N2O5. The number of rotatable bonds is 7. The summed E-state index contributed by atoms with van der Waals surface area (Å²) in [7, 11) is 0. The van der Waals surface area contributed by atoms with Crippen molar-refractivity contribution in [2.75, 3.05) is 19.7 Å². The summed E-state index contributed by atoms with van der Waals surface area (Å²) in [5.41, 5.74) is 0.879. The molecule has 1 saturated heterocycles. The van der Waals surface area contributed by atoms with Crippen LogP contribution in [0.4, 0.5) is 13.2 Å². The van der Waals surface area contributed by atoms with Gasteiger partial charge in [-0.2, -0.15) is 0 Å². The van der Waals surface area contributed by atoms with Crippen molar-refractivity contribution < 1.29 is 37.0 Å². The second-order valence-corrected chi connectivity index (χ2v) is 7.15. The Morgan fingerprint density at radius 1 is 1.12 bits per heavy atom. The van der Waals surface area contributed by atoms with E-state index in [2.05, 4.69) is 9.72 Å². The number of aromatic nitrogens is 1. The van der Waals surface area contributed by atoms with Crippen LogP contribution in [0, 0.1) is 0 Å². The summed E-state index contributed by atoms with van der Waals surface area (Å²) in [4.78, 5) is 30.2. The van der Waals surface area contributed by atoms with E-state index in [1.54, 1.807) is 30.0 Å². The molecule has 0 bridgehead atoms. The zero-order chi connectivity index (χ0) is 23.1. The van der Waals surface area contributed by atoms with Crippen molar-refractivity contribution in [2.45, 2.75) is 38.7 Å². The number of nitrogens with zero attached hydrogens (tertiary/aromatic N) is 2. The Hall–Kier alpha value is -3.30. The Bertz CT molecular complexity index is 943. The van der Waals surface area contributed by atoms with E-state index in [-0.39, 0.29) is 36.5 Å². The topological polar surface area (TPSA) is 78.0 Å². The molecular weight excluding hydrogens is 429 g/mol. The third kappa shape index (κ3) is 6.86. The highest BCUT2D eigenvalue weighted by molar-refractivity contribution is 5.94. The molecule has 1 aliphatic rings. The van der Waals surface area contributed by atoms with Gasteiger partial charge in [0.05, 0.1) is 18.7 Å². The number of benzene rings is 1. The second kappa shape index (κ2) is 10.3. The van der Waals surface area contributed by atoms with Crippen LogP contribution in [0.5, 0.6) is 11.5 Å². The number of esters is 1. The average molecular weight is 452 g/mol. The predicted molar refractivity (Wildman–Crippen MR) is 107 cm³/mol. The fourth-order valence-corrected chi connectivity index (χ4v) is 3.36. The van der Waals surface area contributed by atoms with Crippen LogP contribution in [0.15, 0.2) is 42.6 Å².